The highest BCUT2D eigenvalue weighted by atomic mass is 79.9. The average Bonchev–Trinajstić information content (AvgIpc) is 2.34. The minimum absolute atomic E-state index is 0.199. The molecule has 1 rings (SSSR count). The largest absolute Gasteiger partial charge is 0.480 e. The Hall–Kier alpha value is -1.01. The Kier molecular flexibility index (Phi) is 5.68. The van der Waals surface area contributed by atoms with Crippen molar-refractivity contribution in [1.29, 1.82) is 0 Å². The molecule has 0 aliphatic heterocycles. The zero-order chi connectivity index (χ0) is 13.7. The highest BCUT2D eigenvalue weighted by Crippen LogP contribution is 2.22. The van der Waals surface area contributed by atoms with Crippen molar-refractivity contribution >= 4 is 39.6 Å². The SMILES string of the molecule is CC(C(=O)O)N(C)C(=O)CSc1cccc(Br)c1. The van der Waals surface area contributed by atoms with Crippen molar-refractivity contribution in [2.45, 2.75) is 17.9 Å². The topological polar surface area (TPSA) is 57.6 Å². The Balaban J connectivity index is 2.53. The van der Waals surface area contributed by atoms with Crippen molar-refractivity contribution in [2.24, 2.45) is 0 Å². The van der Waals surface area contributed by atoms with Gasteiger partial charge in [-0.3, -0.25) is 4.79 Å². The molecule has 0 aliphatic rings. The van der Waals surface area contributed by atoms with Crippen LogP contribution in [-0.4, -0.2) is 40.7 Å². The second kappa shape index (κ2) is 6.80. The number of likely N-dealkylation sites (N-methyl/N-ethyl adjacent to an activating group) is 1. The number of halogens is 1. The van der Waals surface area contributed by atoms with Crippen molar-refractivity contribution in [1.82, 2.24) is 4.90 Å². The van der Waals surface area contributed by atoms with E-state index in [1.54, 1.807) is 0 Å². The molecule has 1 aromatic carbocycles. The van der Waals surface area contributed by atoms with Crippen LogP contribution in [0, 0.1) is 0 Å². The third-order valence-electron chi connectivity index (χ3n) is 2.49. The number of hydrogen-bond acceptors (Lipinski definition) is 3. The van der Waals surface area contributed by atoms with E-state index < -0.39 is 12.0 Å². The van der Waals surface area contributed by atoms with Gasteiger partial charge in [0.25, 0.3) is 0 Å². The van der Waals surface area contributed by atoms with Gasteiger partial charge in [-0.2, -0.15) is 0 Å². The van der Waals surface area contributed by atoms with Gasteiger partial charge >= 0.3 is 5.97 Å². The van der Waals surface area contributed by atoms with Gasteiger partial charge in [0.05, 0.1) is 5.75 Å². The van der Waals surface area contributed by atoms with E-state index in [1.165, 1.54) is 30.6 Å². The Morgan fingerprint density at radius 2 is 2.17 bits per heavy atom. The monoisotopic (exact) mass is 331 g/mol. The smallest absolute Gasteiger partial charge is 0.326 e. The Morgan fingerprint density at radius 3 is 2.72 bits per heavy atom. The lowest BCUT2D eigenvalue weighted by molar-refractivity contribution is -0.147. The first kappa shape index (κ1) is 15.0. The fraction of sp³-hybridized carbons (Fsp3) is 0.333. The highest BCUT2D eigenvalue weighted by Gasteiger charge is 2.21. The summed E-state index contributed by atoms with van der Waals surface area (Å²) in [5, 5.41) is 8.82. The normalized spacial score (nSPS) is 11.9. The average molecular weight is 332 g/mol. The van der Waals surface area contributed by atoms with Crippen LogP contribution < -0.4 is 0 Å². The number of amides is 1. The predicted octanol–water partition coefficient (Wildman–Crippen LogP) is 2.47. The molecule has 0 radical (unpaired) electrons. The van der Waals surface area contributed by atoms with E-state index in [0.717, 1.165) is 9.37 Å². The molecule has 0 fully saturated rings. The number of benzene rings is 1. The first-order valence-corrected chi connectivity index (χ1v) is 7.06. The summed E-state index contributed by atoms with van der Waals surface area (Å²) in [5.41, 5.74) is 0. The molecule has 98 valence electrons. The summed E-state index contributed by atoms with van der Waals surface area (Å²) in [6, 6.07) is 6.81. The maximum atomic E-state index is 11.8. The highest BCUT2D eigenvalue weighted by molar-refractivity contribution is 9.10. The quantitative estimate of drug-likeness (QED) is 0.842. The van der Waals surface area contributed by atoms with Gasteiger partial charge in [0.1, 0.15) is 6.04 Å². The summed E-state index contributed by atoms with van der Waals surface area (Å²) in [6.45, 7) is 1.49. The third-order valence-corrected chi connectivity index (χ3v) is 3.96. The van der Waals surface area contributed by atoms with E-state index >= 15 is 0 Å². The Bertz CT molecular complexity index is 453. The van der Waals surface area contributed by atoms with Gasteiger partial charge in [-0.05, 0) is 25.1 Å². The minimum atomic E-state index is -1.00. The zero-order valence-electron chi connectivity index (χ0n) is 10.1. The summed E-state index contributed by atoms with van der Waals surface area (Å²) in [5.74, 6) is -0.974. The van der Waals surface area contributed by atoms with Gasteiger partial charge in [0.15, 0.2) is 0 Å². The standard InChI is InChI=1S/C12H14BrNO3S/c1-8(12(16)17)14(2)11(15)7-18-10-5-3-4-9(13)6-10/h3-6,8H,7H2,1-2H3,(H,16,17). The lowest BCUT2D eigenvalue weighted by Crippen LogP contribution is -2.41. The summed E-state index contributed by atoms with van der Waals surface area (Å²) in [6.07, 6.45) is 0. The zero-order valence-corrected chi connectivity index (χ0v) is 12.5. The third kappa shape index (κ3) is 4.34. The lowest BCUT2D eigenvalue weighted by atomic mass is 10.3. The summed E-state index contributed by atoms with van der Waals surface area (Å²) in [7, 11) is 1.50. The van der Waals surface area contributed by atoms with Gasteiger partial charge in [0.2, 0.25) is 5.91 Å². The molecule has 6 heteroatoms. The molecule has 1 atom stereocenters. The first-order valence-electron chi connectivity index (χ1n) is 5.28. The van der Waals surface area contributed by atoms with Crippen molar-refractivity contribution in [2.75, 3.05) is 12.8 Å². The fourth-order valence-electron chi connectivity index (χ4n) is 1.19. The van der Waals surface area contributed by atoms with Gasteiger partial charge in [0, 0.05) is 16.4 Å². The molecule has 1 unspecified atom stereocenters. The van der Waals surface area contributed by atoms with Gasteiger partial charge < -0.3 is 10.0 Å². The molecule has 0 saturated heterocycles. The van der Waals surface area contributed by atoms with Crippen molar-refractivity contribution in [3.63, 3.8) is 0 Å². The van der Waals surface area contributed by atoms with Crippen LogP contribution >= 0.6 is 27.7 Å². The Labute approximate surface area is 118 Å². The maximum Gasteiger partial charge on any atom is 0.326 e. The van der Waals surface area contributed by atoms with E-state index in [2.05, 4.69) is 15.9 Å². The van der Waals surface area contributed by atoms with E-state index in [0.29, 0.717) is 0 Å². The summed E-state index contributed by atoms with van der Waals surface area (Å²) < 4.78 is 0.951. The number of carboxylic acids is 1. The molecule has 0 bridgehead atoms. The van der Waals surface area contributed by atoms with Gasteiger partial charge in [-0.25, -0.2) is 4.79 Å². The summed E-state index contributed by atoms with van der Waals surface area (Å²) in [4.78, 5) is 24.7. The number of rotatable bonds is 5. The molecule has 4 nitrogen and oxygen atoms in total. The van der Waals surface area contributed by atoms with E-state index in [-0.39, 0.29) is 11.7 Å². The molecular weight excluding hydrogens is 318 g/mol. The van der Waals surface area contributed by atoms with Gasteiger partial charge in [-0.1, -0.05) is 22.0 Å². The van der Waals surface area contributed by atoms with Crippen LogP contribution in [0.15, 0.2) is 33.6 Å². The van der Waals surface area contributed by atoms with Crippen LogP contribution in [0.1, 0.15) is 6.92 Å². The number of carbonyl (C=O) groups excluding carboxylic acids is 1. The number of nitrogens with zero attached hydrogens (tertiary/aromatic N) is 1. The molecule has 1 N–H and O–H groups in total. The van der Waals surface area contributed by atoms with Crippen molar-refractivity contribution in [3.8, 4) is 0 Å². The van der Waals surface area contributed by atoms with Crippen molar-refractivity contribution in [3.05, 3.63) is 28.7 Å². The van der Waals surface area contributed by atoms with Crippen LogP contribution in [0.5, 0.6) is 0 Å². The first-order chi connectivity index (χ1) is 8.41. The molecular formula is C12H14BrNO3S. The van der Waals surface area contributed by atoms with Gasteiger partial charge in [-0.15, -0.1) is 11.8 Å². The van der Waals surface area contributed by atoms with E-state index in [4.69, 9.17) is 5.11 Å². The molecule has 0 aliphatic carbocycles. The maximum absolute atomic E-state index is 11.8. The van der Waals surface area contributed by atoms with Crippen molar-refractivity contribution < 1.29 is 14.7 Å². The minimum Gasteiger partial charge on any atom is -0.480 e. The van der Waals surface area contributed by atoms with Crippen LogP contribution in [0.4, 0.5) is 0 Å². The van der Waals surface area contributed by atoms with E-state index in [9.17, 15) is 9.59 Å². The lowest BCUT2D eigenvalue weighted by Gasteiger charge is -2.21. The predicted molar refractivity (Wildman–Crippen MR) is 74.7 cm³/mol. The molecule has 1 aromatic rings. The molecule has 0 saturated carbocycles. The Morgan fingerprint density at radius 1 is 1.50 bits per heavy atom. The molecule has 0 spiro atoms. The van der Waals surface area contributed by atoms with Crippen LogP contribution in [0.2, 0.25) is 0 Å². The summed E-state index contributed by atoms with van der Waals surface area (Å²) >= 11 is 4.74. The van der Waals surface area contributed by atoms with Crippen LogP contribution in [0.3, 0.4) is 0 Å². The van der Waals surface area contributed by atoms with Crippen LogP contribution in [0.25, 0.3) is 0 Å². The number of carboxylic acid groups (broad SMARTS) is 1. The molecule has 0 heterocycles. The molecule has 18 heavy (non-hydrogen) atoms. The fourth-order valence-corrected chi connectivity index (χ4v) is 2.61. The van der Waals surface area contributed by atoms with Crippen LogP contribution in [-0.2, 0) is 9.59 Å². The number of thioether (sulfide) groups is 1. The number of aliphatic carboxylic acids is 1. The molecule has 1 amide bonds. The number of hydrogen-bond donors (Lipinski definition) is 1. The molecule has 0 aromatic heterocycles. The number of carbonyl (C=O) groups is 2. The second-order valence-corrected chi connectivity index (χ2v) is 5.73. The second-order valence-electron chi connectivity index (χ2n) is 3.76. The van der Waals surface area contributed by atoms with E-state index in [1.807, 2.05) is 24.3 Å².